The normalized spacial score (nSPS) is 11.4. The minimum atomic E-state index is -3.80. The van der Waals surface area contributed by atoms with E-state index in [1.54, 1.807) is 24.3 Å². The number of nitrogens with two attached hydrogens (primary N) is 1. The van der Waals surface area contributed by atoms with Crippen molar-refractivity contribution < 1.29 is 137 Å². The molecule has 0 saturated heterocycles. The van der Waals surface area contributed by atoms with Crippen LogP contribution in [0.2, 0.25) is 0 Å². The molecule has 6 N–H and O–H groups in total. The van der Waals surface area contributed by atoms with E-state index < -0.39 is 60.9 Å². The molecule has 4 aromatic carbocycles. The molecular formula is C90H125N7O29S2. The summed E-state index contributed by atoms with van der Waals surface area (Å²) < 4.78 is 120. The molecule has 2 amide bonds. The minimum absolute atomic E-state index is 0.0135. The van der Waals surface area contributed by atoms with Gasteiger partial charge in [0.15, 0.2) is 37.0 Å². The number of aliphatic carboxylic acids is 2. The van der Waals surface area contributed by atoms with E-state index in [1.807, 2.05) is 90.1 Å². The van der Waals surface area contributed by atoms with Crippen molar-refractivity contribution in [1.82, 2.24) is 30.6 Å². The number of aromatic nitrogens is 4. The first-order valence-corrected chi connectivity index (χ1v) is 45.6. The molecule has 128 heavy (non-hydrogen) atoms. The predicted molar refractivity (Wildman–Crippen MR) is 467 cm³/mol. The van der Waals surface area contributed by atoms with Crippen LogP contribution in [-0.2, 0) is 134 Å². The smallest absolute Gasteiger partial charge is 0.329 e. The second-order valence-corrected chi connectivity index (χ2v) is 34.7. The number of carbonyl (C=O) groups excluding carboxylic acids is 8. The standard InChI is InChI=1S/C44H60N4O14S.C33H40N2O8S.C13H25NO7/c1-44(2,3)62-43(54)11-6-4-5-8-33-12-14-35(15-13-33)61-36-16-18-37(19-17-36)63(55,56)32-39-47-28-34(29-48-39)38(49)9-7-10-40(50)45-20-22-57-24-26-59-30-41(51)46-21-23-58-25-27-60-31-42(52)53;1-33(2,3)43-32(38)11-7-5-6-9-24-13-15-26(16-14-24)42-27-17-19-28(20-18-27)44(39,40)23-30-34-21-25(22-35-30)29(36)10-8-12-31(37)41-4;14-3-5-19-7-8-20-10-12(15)2-1-4-18-6-9-21-11-13(16)17/h12-19,28-29H,4-11,20-27,30-32H2,1-3H3,(H,45,50)(H,46,51)(H,52,53);13-22H,5-12,23H2,1-4H3;1-11,14H2,(H,16,17). The number of hydrogen-bond donors (Lipinski definition) is 5. The first-order valence-electron chi connectivity index (χ1n) is 42.3. The van der Waals surface area contributed by atoms with Crippen molar-refractivity contribution in [1.29, 1.82) is 0 Å². The predicted octanol–water partition coefficient (Wildman–Crippen LogP) is 10.1. The number of ketones is 3. The summed E-state index contributed by atoms with van der Waals surface area (Å²) in [7, 11) is -6.25. The quantitative estimate of drug-likeness (QED) is 0.0102. The van der Waals surface area contributed by atoms with Gasteiger partial charge in [-0.1, -0.05) is 37.1 Å². The number of hydrogen-bond acceptors (Lipinski definition) is 32. The fourth-order valence-electron chi connectivity index (χ4n) is 11.1. The Kier molecular flexibility index (Phi) is 53.7. The molecule has 0 spiro atoms. The summed E-state index contributed by atoms with van der Waals surface area (Å²) in [6.07, 6.45) is 15.2. The summed E-state index contributed by atoms with van der Waals surface area (Å²) in [5.41, 5.74) is 7.09. The highest BCUT2D eigenvalue weighted by atomic mass is 32.2. The first kappa shape index (κ1) is 110. The van der Waals surface area contributed by atoms with E-state index in [-0.39, 0.29) is 191 Å². The summed E-state index contributed by atoms with van der Waals surface area (Å²) >= 11 is 0. The Bertz CT molecular complexity index is 4520. The zero-order chi connectivity index (χ0) is 93.9. The lowest BCUT2D eigenvalue weighted by Crippen LogP contribution is -2.31. The largest absolute Gasteiger partial charge is 0.480 e. The van der Waals surface area contributed by atoms with Crippen molar-refractivity contribution in [3.63, 3.8) is 0 Å². The third kappa shape index (κ3) is 53.3. The van der Waals surface area contributed by atoms with Crippen LogP contribution in [-0.4, -0.2) is 250 Å². The molecule has 0 unspecified atom stereocenters. The molecule has 0 atom stereocenters. The summed E-state index contributed by atoms with van der Waals surface area (Å²) in [4.78, 5) is 132. The van der Waals surface area contributed by atoms with Crippen LogP contribution in [0, 0.1) is 0 Å². The van der Waals surface area contributed by atoms with Crippen LogP contribution in [0.15, 0.2) is 132 Å². The molecule has 0 saturated carbocycles. The Morgan fingerprint density at radius 1 is 0.367 bits per heavy atom. The van der Waals surface area contributed by atoms with Crippen molar-refractivity contribution in [2.24, 2.45) is 5.73 Å². The molecule has 38 heteroatoms. The maximum Gasteiger partial charge on any atom is 0.329 e. The van der Waals surface area contributed by atoms with Crippen LogP contribution >= 0.6 is 0 Å². The molecule has 2 aromatic heterocycles. The fraction of sp³-hybridized carbons (Fsp3) is 0.533. The zero-order valence-corrected chi connectivity index (χ0v) is 75.9. The highest BCUT2D eigenvalue weighted by molar-refractivity contribution is 7.91. The van der Waals surface area contributed by atoms with E-state index in [2.05, 4.69) is 35.3 Å². The Hall–Kier alpha value is -10.5. The number of carboxylic acids is 2. The number of carboxylic acid groups (broad SMARTS) is 2. The molecule has 2 heterocycles. The molecule has 0 bridgehead atoms. The van der Waals surface area contributed by atoms with Crippen LogP contribution in [0.25, 0.3) is 0 Å². The number of nitrogens with one attached hydrogen (secondary N) is 2. The average Bonchev–Trinajstić information content (AvgIpc) is 0.824. The monoisotopic (exact) mass is 1830 g/mol. The second-order valence-electron chi connectivity index (χ2n) is 30.7. The van der Waals surface area contributed by atoms with Gasteiger partial charge in [0, 0.05) is 96.0 Å². The van der Waals surface area contributed by atoms with Crippen LogP contribution in [0.1, 0.15) is 188 Å². The molecule has 0 radical (unpaired) electrons. The summed E-state index contributed by atoms with van der Waals surface area (Å²) in [6, 6.07) is 27.5. The van der Waals surface area contributed by atoms with Gasteiger partial charge in [0.2, 0.25) is 11.8 Å². The number of carbonyl (C=O) groups is 10. The Balaban J connectivity index is 0.000000454. The Morgan fingerprint density at radius 3 is 1.11 bits per heavy atom. The molecule has 36 nitrogen and oxygen atoms in total. The number of ether oxygens (including phenoxy) is 13. The molecule has 6 rings (SSSR count). The lowest BCUT2D eigenvalue weighted by molar-refractivity contribution is -0.156. The van der Waals surface area contributed by atoms with Crippen LogP contribution in [0.5, 0.6) is 23.0 Å². The third-order valence-corrected chi connectivity index (χ3v) is 20.6. The van der Waals surface area contributed by atoms with Gasteiger partial charge in [0.25, 0.3) is 0 Å². The molecule has 0 aliphatic carbocycles. The van der Waals surface area contributed by atoms with Gasteiger partial charge in [0.05, 0.1) is 101 Å². The van der Waals surface area contributed by atoms with E-state index in [1.165, 1.54) is 56.2 Å². The molecule has 0 fully saturated rings. The minimum Gasteiger partial charge on any atom is -0.480 e. The Labute approximate surface area is 748 Å². The highest BCUT2D eigenvalue weighted by Crippen LogP contribution is 2.28. The van der Waals surface area contributed by atoms with Crippen molar-refractivity contribution in [3.8, 4) is 23.0 Å². The zero-order valence-electron chi connectivity index (χ0n) is 74.2. The van der Waals surface area contributed by atoms with Crippen molar-refractivity contribution in [2.45, 2.75) is 190 Å². The third-order valence-electron chi connectivity index (χ3n) is 17.3. The summed E-state index contributed by atoms with van der Waals surface area (Å²) in [6.45, 7) is 14.8. The van der Waals surface area contributed by atoms with E-state index in [0.29, 0.717) is 94.7 Å². The van der Waals surface area contributed by atoms with Gasteiger partial charge < -0.3 is 88.2 Å². The maximum atomic E-state index is 13.1. The van der Waals surface area contributed by atoms with Gasteiger partial charge in [0.1, 0.15) is 83.8 Å². The summed E-state index contributed by atoms with van der Waals surface area (Å²) in [5.74, 6) is -2.46. The lowest BCUT2D eigenvalue weighted by atomic mass is 10.1. The second kappa shape index (κ2) is 62.6. The van der Waals surface area contributed by atoms with E-state index >= 15 is 0 Å². The first-order chi connectivity index (χ1) is 61.1. The number of nitrogens with zero attached hydrogens (tertiary/aromatic N) is 4. The van der Waals surface area contributed by atoms with Crippen molar-refractivity contribution >= 4 is 78.7 Å². The van der Waals surface area contributed by atoms with Crippen LogP contribution in [0.3, 0.4) is 0 Å². The van der Waals surface area contributed by atoms with Gasteiger partial charge in [-0.3, -0.25) is 38.4 Å². The van der Waals surface area contributed by atoms with Crippen LogP contribution in [0.4, 0.5) is 0 Å². The number of esters is 3. The Morgan fingerprint density at radius 2 is 0.719 bits per heavy atom. The fourth-order valence-corrected chi connectivity index (χ4v) is 13.5. The number of rotatable bonds is 64. The topological polar surface area (TPSA) is 501 Å². The number of unbranched alkanes of at least 4 members (excludes halogenated alkanes) is 4. The molecule has 0 aliphatic rings. The van der Waals surface area contributed by atoms with E-state index in [0.717, 1.165) is 62.5 Å². The van der Waals surface area contributed by atoms with Crippen molar-refractivity contribution in [2.75, 3.05) is 132 Å². The van der Waals surface area contributed by atoms with Gasteiger partial charge in [-0.15, -0.1) is 0 Å². The number of Topliss-reactive ketones (excluding diaryl/α,β-unsaturated/α-hetero) is 3. The number of amides is 2. The maximum absolute atomic E-state index is 13.1. The van der Waals surface area contributed by atoms with E-state index in [4.69, 9.17) is 72.8 Å². The van der Waals surface area contributed by atoms with Gasteiger partial charge in [-0.05, 0) is 183 Å². The summed E-state index contributed by atoms with van der Waals surface area (Å²) in [5, 5.41) is 22.1. The molecule has 706 valence electrons. The highest BCUT2D eigenvalue weighted by Gasteiger charge is 2.23. The number of benzene rings is 4. The van der Waals surface area contributed by atoms with E-state index in [9.17, 15) is 64.8 Å². The lowest BCUT2D eigenvalue weighted by Gasteiger charge is -2.19. The molecule has 0 aliphatic heterocycles. The van der Waals surface area contributed by atoms with Gasteiger partial charge in [-0.25, -0.2) is 46.4 Å². The van der Waals surface area contributed by atoms with Gasteiger partial charge >= 0.3 is 29.8 Å². The number of methoxy groups -OCH3 is 1. The van der Waals surface area contributed by atoms with Crippen LogP contribution < -0.4 is 25.8 Å². The number of aryl methyl sites for hydroxylation is 2. The number of sulfone groups is 2. The van der Waals surface area contributed by atoms with Gasteiger partial charge in [-0.2, -0.15) is 0 Å². The van der Waals surface area contributed by atoms with Crippen molar-refractivity contribution in [3.05, 3.63) is 156 Å². The molecular weight excluding hydrogens is 1710 g/mol. The molecule has 6 aromatic rings. The average molecular weight is 1830 g/mol. The SMILES string of the molecule is CC(C)(C)OC(=O)CCCCCc1ccc(Oc2ccc(S(=O)(=O)Cc3ncc(C(=O)CCCC(=O)NCCOCCOCC(=O)NCCOCCOCC(=O)O)cn3)cc2)cc1.COC(=O)CCCC(=O)c1cnc(CS(=O)(=O)c2ccc(Oc3ccc(CCCCCC(=O)OC(C)(C)C)cc3)cc2)nc1.NCCOCCOCC(=O)CCCOCCOCC(=O)O.